The first-order valence-corrected chi connectivity index (χ1v) is 4.81. The molecule has 1 aliphatic rings. The fourth-order valence-electron chi connectivity index (χ4n) is 2.03. The lowest BCUT2D eigenvalue weighted by Gasteiger charge is -2.42. The summed E-state index contributed by atoms with van der Waals surface area (Å²) >= 11 is 0. The zero-order valence-electron chi connectivity index (χ0n) is 8.11. The molecule has 1 saturated carbocycles. The van der Waals surface area contributed by atoms with Crippen LogP contribution in [-0.2, 0) is 0 Å². The van der Waals surface area contributed by atoms with Gasteiger partial charge in [0.05, 0.1) is 7.85 Å². The van der Waals surface area contributed by atoms with Crippen LogP contribution in [-0.4, -0.2) is 7.85 Å². The van der Waals surface area contributed by atoms with E-state index in [1.54, 1.807) is 0 Å². The largest absolute Gasteiger partial charge is 0.0753 e. The Bertz CT molecular complexity index is 132. The van der Waals surface area contributed by atoms with Crippen LogP contribution in [0.5, 0.6) is 0 Å². The number of hydrogen-bond acceptors (Lipinski definition) is 0. The molecule has 0 saturated heterocycles. The van der Waals surface area contributed by atoms with E-state index in [2.05, 4.69) is 20.8 Å². The Hall–Kier alpha value is 0.0649. The van der Waals surface area contributed by atoms with Crippen molar-refractivity contribution in [3.8, 4) is 0 Å². The molecule has 1 heteroatoms. The highest BCUT2D eigenvalue weighted by Gasteiger charge is 2.40. The van der Waals surface area contributed by atoms with Crippen LogP contribution in [0.2, 0.25) is 5.31 Å². The van der Waals surface area contributed by atoms with Gasteiger partial charge in [-0.1, -0.05) is 58.2 Å². The lowest BCUT2D eigenvalue weighted by atomic mass is 9.52. The van der Waals surface area contributed by atoms with Gasteiger partial charge in [0.1, 0.15) is 0 Å². The molecule has 0 aromatic heterocycles. The Morgan fingerprint density at radius 2 is 1.73 bits per heavy atom. The van der Waals surface area contributed by atoms with Gasteiger partial charge in [0, 0.05) is 0 Å². The third kappa shape index (κ3) is 1.48. The first kappa shape index (κ1) is 9.16. The SMILES string of the molecule is [B]C1(C(C)(C)CC)CCCC1. The average Bonchev–Trinajstić information content (AvgIpc) is 2.38. The monoisotopic (exact) mass is 150 g/mol. The first-order valence-electron chi connectivity index (χ1n) is 4.81. The molecule has 0 bridgehead atoms. The van der Waals surface area contributed by atoms with E-state index in [0.29, 0.717) is 5.41 Å². The van der Waals surface area contributed by atoms with Gasteiger partial charge in [0.25, 0.3) is 0 Å². The van der Waals surface area contributed by atoms with Gasteiger partial charge in [-0.2, -0.15) is 0 Å². The van der Waals surface area contributed by atoms with Crippen LogP contribution in [0.1, 0.15) is 52.9 Å². The van der Waals surface area contributed by atoms with Crippen LogP contribution in [0.15, 0.2) is 0 Å². The van der Waals surface area contributed by atoms with Crippen molar-refractivity contribution in [2.24, 2.45) is 5.41 Å². The zero-order chi connectivity index (χ0) is 8.54. The molecule has 0 atom stereocenters. The summed E-state index contributed by atoms with van der Waals surface area (Å²) in [6.45, 7) is 6.85. The van der Waals surface area contributed by atoms with Gasteiger partial charge in [-0.25, -0.2) is 0 Å². The summed E-state index contributed by atoms with van der Waals surface area (Å²) in [5.41, 5.74) is 0.337. The van der Waals surface area contributed by atoms with Crippen LogP contribution >= 0.6 is 0 Å². The smallest absolute Gasteiger partial charge is 0.0649 e. The second-order valence-corrected chi connectivity index (χ2v) is 4.60. The molecular weight excluding hydrogens is 131 g/mol. The van der Waals surface area contributed by atoms with Crippen LogP contribution < -0.4 is 0 Å². The lowest BCUT2D eigenvalue weighted by Crippen LogP contribution is -2.28. The predicted octanol–water partition coefficient (Wildman–Crippen LogP) is 3.32. The van der Waals surface area contributed by atoms with Crippen LogP contribution in [0, 0.1) is 5.41 Å². The molecular formula is C10H19B. The third-order valence-electron chi connectivity index (χ3n) is 3.73. The molecule has 0 amide bonds. The molecule has 1 aliphatic carbocycles. The molecule has 62 valence electrons. The maximum Gasteiger partial charge on any atom is 0.0753 e. The minimum absolute atomic E-state index is 0.141. The zero-order valence-corrected chi connectivity index (χ0v) is 8.11. The molecule has 1 fully saturated rings. The van der Waals surface area contributed by atoms with Crippen molar-refractivity contribution in [2.45, 2.75) is 58.2 Å². The number of hydrogen-bond donors (Lipinski definition) is 0. The van der Waals surface area contributed by atoms with E-state index in [9.17, 15) is 0 Å². The van der Waals surface area contributed by atoms with Crippen LogP contribution in [0.4, 0.5) is 0 Å². The lowest BCUT2D eigenvalue weighted by molar-refractivity contribution is 0.227. The molecule has 2 radical (unpaired) electrons. The van der Waals surface area contributed by atoms with Gasteiger partial charge in [0.15, 0.2) is 0 Å². The van der Waals surface area contributed by atoms with Gasteiger partial charge < -0.3 is 0 Å². The molecule has 0 spiro atoms. The first-order chi connectivity index (χ1) is 5.02. The second kappa shape index (κ2) is 2.84. The standard InChI is InChI=1S/C10H19B/c1-4-9(2,3)10(11)7-5-6-8-10/h4-8H2,1-3H3. The molecule has 0 unspecified atom stereocenters. The minimum atomic E-state index is 0.141. The minimum Gasteiger partial charge on any atom is -0.0649 e. The summed E-state index contributed by atoms with van der Waals surface area (Å²) in [7, 11) is 6.35. The predicted molar refractivity (Wildman–Crippen MR) is 51.0 cm³/mol. The van der Waals surface area contributed by atoms with Crippen LogP contribution in [0.25, 0.3) is 0 Å². The van der Waals surface area contributed by atoms with Gasteiger partial charge in [-0.15, -0.1) is 0 Å². The van der Waals surface area contributed by atoms with Gasteiger partial charge >= 0.3 is 0 Å². The fraction of sp³-hybridized carbons (Fsp3) is 1.00. The summed E-state index contributed by atoms with van der Waals surface area (Å²) < 4.78 is 0. The van der Waals surface area contributed by atoms with Crippen molar-refractivity contribution >= 4 is 7.85 Å². The van der Waals surface area contributed by atoms with E-state index >= 15 is 0 Å². The highest BCUT2D eigenvalue weighted by Crippen LogP contribution is 2.56. The summed E-state index contributed by atoms with van der Waals surface area (Å²) in [4.78, 5) is 0. The van der Waals surface area contributed by atoms with E-state index in [1.807, 2.05) is 0 Å². The highest BCUT2D eigenvalue weighted by atomic mass is 14.4. The van der Waals surface area contributed by atoms with Crippen molar-refractivity contribution in [2.75, 3.05) is 0 Å². The summed E-state index contributed by atoms with van der Waals surface area (Å²) in [6.07, 6.45) is 6.32. The van der Waals surface area contributed by atoms with E-state index in [0.717, 1.165) is 0 Å². The van der Waals surface area contributed by atoms with Crippen molar-refractivity contribution in [1.82, 2.24) is 0 Å². The molecule has 11 heavy (non-hydrogen) atoms. The molecule has 0 N–H and O–H groups in total. The van der Waals surface area contributed by atoms with E-state index in [4.69, 9.17) is 7.85 Å². The Kier molecular flexibility index (Phi) is 2.36. The van der Waals surface area contributed by atoms with Crippen molar-refractivity contribution in [3.05, 3.63) is 0 Å². The number of rotatable bonds is 2. The average molecular weight is 150 g/mol. The molecule has 0 heterocycles. The third-order valence-corrected chi connectivity index (χ3v) is 3.73. The summed E-state index contributed by atoms with van der Waals surface area (Å²) in [6, 6.07) is 0. The summed E-state index contributed by atoms with van der Waals surface area (Å²) in [5.74, 6) is 0. The fourth-order valence-corrected chi connectivity index (χ4v) is 2.03. The van der Waals surface area contributed by atoms with Crippen molar-refractivity contribution < 1.29 is 0 Å². The maximum absolute atomic E-state index is 6.35. The Labute approximate surface area is 72.2 Å². The quantitative estimate of drug-likeness (QED) is 0.529. The Balaban J connectivity index is 2.69. The van der Waals surface area contributed by atoms with E-state index in [1.165, 1.54) is 32.1 Å². The van der Waals surface area contributed by atoms with Gasteiger partial charge in [-0.3, -0.25) is 0 Å². The van der Waals surface area contributed by atoms with Crippen molar-refractivity contribution in [1.29, 1.82) is 0 Å². The topological polar surface area (TPSA) is 0 Å². The molecule has 0 aromatic rings. The molecule has 0 aliphatic heterocycles. The highest BCUT2D eigenvalue weighted by molar-refractivity contribution is 6.16. The van der Waals surface area contributed by atoms with Gasteiger partial charge in [0.2, 0.25) is 0 Å². The second-order valence-electron chi connectivity index (χ2n) is 4.60. The maximum atomic E-state index is 6.35. The molecule has 0 nitrogen and oxygen atoms in total. The van der Waals surface area contributed by atoms with E-state index < -0.39 is 0 Å². The van der Waals surface area contributed by atoms with Crippen LogP contribution in [0.3, 0.4) is 0 Å². The van der Waals surface area contributed by atoms with E-state index in [-0.39, 0.29) is 5.31 Å². The van der Waals surface area contributed by atoms with Crippen molar-refractivity contribution in [3.63, 3.8) is 0 Å². The Morgan fingerprint density at radius 3 is 2.09 bits per heavy atom. The molecule has 0 aromatic carbocycles. The summed E-state index contributed by atoms with van der Waals surface area (Å²) in [5, 5.41) is 0.141. The molecule has 1 rings (SSSR count). The Morgan fingerprint density at radius 1 is 1.27 bits per heavy atom. The normalized spacial score (nSPS) is 23.9. The van der Waals surface area contributed by atoms with Gasteiger partial charge in [-0.05, 0) is 5.41 Å².